The fourth-order valence-corrected chi connectivity index (χ4v) is 2.23. The maximum atomic E-state index is 11.6. The van der Waals surface area contributed by atoms with Gasteiger partial charge in [0.2, 0.25) is 11.8 Å². The monoisotopic (exact) mass is 319 g/mol. The normalized spacial score (nSPS) is 10.2. The van der Waals surface area contributed by atoms with Gasteiger partial charge in [-0.05, 0) is 42.0 Å². The molecule has 3 rings (SSSR count). The van der Waals surface area contributed by atoms with Gasteiger partial charge in [-0.2, -0.15) is 5.26 Å². The molecule has 6 heteroatoms. The average Bonchev–Trinajstić information content (AvgIpc) is 3.09. The minimum absolute atomic E-state index is 0.388. The smallest absolute Gasteiger partial charge is 0.337 e. The molecule has 0 radical (unpaired) electrons. The molecule has 0 atom stereocenters. The molecule has 0 unspecified atom stereocenters. The van der Waals surface area contributed by atoms with E-state index in [2.05, 4.69) is 16.3 Å². The van der Waals surface area contributed by atoms with Crippen LogP contribution in [0.25, 0.3) is 11.5 Å². The van der Waals surface area contributed by atoms with Gasteiger partial charge in [-0.25, -0.2) is 4.79 Å². The van der Waals surface area contributed by atoms with Crippen LogP contribution in [0.4, 0.5) is 0 Å². The number of esters is 1. The first kappa shape index (κ1) is 15.4. The molecule has 0 saturated heterocycles. The number of hydrogen-bond donors (Lipinski definition) is 0. The topological polar surface area (TPSA) is 89.0 Å². The number of aromatic nitrogens is 2. The first-order chi connectivity index (χ1) is 11.7. The molecule has 1 aromatic heterocycles. The fraction of sp³-hybridized carbons (Fsp3) is 0.111. The van der Waals surface area contributed by atoms with Gasteiger partial charge in [0.15, 0.2) is 0 Å². The van der Waals surface area contributed by atoms with E-state index in [9.17, 15) is 4.79 Å². The highest BCUT2D eigenvalue weighted by atomic mass is 16.5. The van der Waals surface area contributed by atoms with E-state index in [0.29, 0.717) is 29.3 Å². The third-order valence-corrected chi connectivity index (χ3v) is 3.43. The summed E-state index contributed by atoms with van der Waals surface area (Å²) < 4.78 is 10.4. The van der Waals surface area contributed by atoms with E-state index in [0.717, 1.165) is 11.1 Å². The number of carbonyl (C=O) groups is 1. The van der Waals surface area contributed by atoms with Crippen molar-refractivity contribution in [1.29, 1.82) is 5.26 Å². The zero-order valence-electron chi connectivity index (χ0n) is 12.9. The van der Waals surface area contributed by atoms with Gasteiger partial charge in [-0.1, -0.05) is 12.1 Å². The molecule has 0 aliphatic carbocycles. The lowest BCUT2D eigenvalue weighted by molar-refractivity contribution is 0.0600. The molecule has 0 amide bonds. The zero-order valence-corrected chi connectivity index (χ0v) is 12.9. The Balaban J connectivity index is 1.79. The summed E-state index contributed by atoms with van der Waals surface area (Å²) in [6, 6.07) is 16.0. The van der Waals surface area contributed by atoms with Crippen molar-refractivity contribution in [1.82, 2.24) is 10.2 Å². The number of nitriles is 1. The summed E-state index contributed by atoms with van der Waals surface area (Å²) in [4.78, 5) is 11.6. The van der Waals surface area contributed by atoms with E-state index in [4.69, 9.17) is 14.4 Å². The van der Waals surface area contributed by atoms with Crippen LogP contribution in [0, 0.1) is 11.3 Å². The Morgan fingerprint density at radius 3 is 2.71 bits per heavy atom. The van der Waals surface area contributed by atoms with Crippen molar-refractivity contribution in [2.24, 2.45) is 0 Å². The van der Waals surface area contributed by atoms with Crippen LogP contribution in [-0.4, -0.2) is 23.3 Å². The number of carbonyl (C=O) groups excluding carboxylic acids is 1. The van der Waals surface area contributed by atoms with E-state index >= 15 is 0 Å². The first-order valence-corrected chi connectivity index (χ1v) is 7.20. The Labute approximate surface area is 138 Å². The summed E-state index contributed by atoms with van der Waals surface area (Å²) in [7, 11) is 1.34. The lowest BCUT2D eigenvalue weighted by atomic mass is 10.1. The van der Waals surface area contributed by atoms with Crippen molar-refractivity contribution in [3.63, 3.8) is 0 Å². The van der Waals surface area contributed by atoms with E-state index in [-0.39, 0.29) is 5.97 Å². The molecular weight excluding hydrogens is 306 g/mol. The molecule has 0 saturated carbocycles. The molecule has 1 heterocycles. The van der Waals surface area contributed by atoms with Gasteiger partial charge in [-0.3, -0.25) is 0 Å². The van der Waals surface area contributed by atoms with Gasteiger partial charge in [0.25, 0.3) is 0 Å². The number of methoxy groups -OCH3 is 1. The Morgan fingerprint density at radius 1 is 1.21 bits per heavy atom. The highest BCUT2D eigenvalue weighted by Gasteiger charge is 2.11. The Kier molecular flexibility index (Phi) is 4.34. The van der Waals surface area contributed by atoms with Crippen molar-refractivity contribution in [2.45, 2.75) is 6.42 Å². The Hall–Kier alpha value is -3.46. The van der Waals surface area contributed by atoms with Crippen LogP contribution in [0.5, 0.6) is 0 Å². The fourth-order valence-electron chi connectivity index (χ4n) is 2.23. The van der Waals surface area contributed by atoms with E-state index in [1.54, 1.807) is 42.5 Å². The predicted molar refractivity (Wildman–Crippen MR) is 85.0 cm³/mol. The highest BCUT2D eigenvalue weighted by molar-refractivity contribution is 5.89. The maximum Gasteiger partial charge on any atom is 0.337 e. The van der Waals surface area contributed by atoms with E-state index in [1.165, 1.54) is 7.11 Å². The van der Waals surface area contributed by atoms with Crippen molar-refractivity contribution in [3.8, 4) is 17.5 Å². The summed E-state index contributed by atoms with van der Waals surface area (Å²) in [6.07, 6.45) is 0.411. The van der Waals surface area contributed by atoms with Crippen LogP contribution in [0.3, 0.4) is 0 Å². The molecule has 0 spiro atoms. The molecule has 24 heavy (non-hydrogen) atoms. The van der Waals surface area contributed by atoms with Crippen LogP contribution in [0.2, 0.25) is 0 Å². The largest absolute Gasteiger partial charge is 0.465 e. The number of benzene rings is 2. The van der Waals surface area contributed by atoms with Crippen LogP contribution < -0.4 is 0 Å². The SMILES string of the molecule is COC(=O)c1cccc(Cc2nnc(-c3ccc(C#N)cc3)o2)c1. The van der Waals surface area contributed by atoms with Crippen LogP contribution >= 0.6 is 0 Å². The number of rotatable bonds is 4. The number of ether oxygens (including phenoxy) is 1. The highest BCUT2D eigenvalue weighted by Crippen LogP contribution is 2.20. The van der Waals surface area contributed by atoms with Crippen LogP contribution in [0.1, 0.15) is 27.4 Å². The average molecular weight is 319 g/mol. The van der Waals surface area contributed by atoms with Gasteiger partial charge in [-0.15, -0.1) is 10.2 Å². The van der Waals surface area contributed by atoms with Gasteiger partial charge in [0.1, 0.15) is 0 Å². The number of hydrogen-bond acceptors (Lipinski definition) is 6. The van der Waals surface area contributed by atoms with Crippen molar-refractivity contribution >= 4 is 5.97 Å². The lowest BCUT2D eigenvalue weighted by Gasteiger charge is -2.01. The summed E-state index contributed by atoms with van der Waals surface area (Å²) >= 11 is 0. The quantitative estimate of drug-likeness (QED) is 0.687. The van der Waals surface area contributed by atoms with Gasteiger partial charge >= 0.3 is 5.97 Å². The molecule has 6 nitrogen and oxygen atoms in total. The summed E-state index contributed by atoms with van der Waals surface area (Å²) in [5.74, 6) is 0.440. The minimum atomic E-state index is -0.388. The van der Waals surface area contributed by atoms with Crippen LogP contribution in [0.15, 0.2) is 52.9 Å². The second-order valence-corrected chi connectivity index (χ2v) is 5.06. The van der Waals surface area contributed by atoms with E-state index < -0.39 is 0 Å². The molecule has 118 valence electrons. The third kappa shape index (κ3) is 3.31. The molecule has 0 aliphatic rings. The summed E-state index contributed by atoms with van der Waals surface area (Å²) in [5.41, 5.74) is 2.66. The lowest BCUT2D eigenvalue weighted by Crippen LogP contribution is -2.01. The van der Waals surface area contributed by atoms with Gasteiger partial charge in [0.05, 0.1) is 30.7 Å². The van der Waals surface area contributed by atoms with Gasteiger partial charge < -0.3 is 9.15 Å². The predicted octanol–water partition coefficient (Wildman–Crippen LogP) is 2.99. The number of nitrogens with zero attached hydrogens (tertiary/aromatic N) is 3. The zero-order chi connectivity index (χ0) is 16.9. The molecule has 2 aromatic carbocycles. The molecule has 0 aliphatic heterocycles. The third-order valence-electron chi connectivity index (χ3n) is 3.43. The first-order valence-electron chi connectivity index (χ1n) is 7.20. The summed E-state index contributed by atoms with van der Waals surface area (Å²) in [6.45, 7) is 0. The molecular formula is C18H13N3O3. The van der Waals surface area contributed by atoms with Crippen molar-refractivity contribution in [2.75, 3.05) is 7.11 Å². The summed E-state index contributed by atoms with van der Waals surface area (Å²) in [5, 5.41) is 16.9. The Bertz CT molecular complexity index is 908. The van der Waals surface area contributed by atoms with Crippen molar-refractivity contribution in [3.05, 3.63) is 71.1 Å². The standard InChI is InChI=1S/C18H13N3O3/c1-23-18(22)15-4-2-3-13(9-15)10-16-20-21-17(24-16)14-7-5-12(11-19)6-8-14/h2-9H,10H2,1H3. The minimum Gasteiger partial charge on any atom is -0.465 e. The second-order valence-electron chi connectivity index (χ2n) is 5.06. The molecule has 0 bridgehead atoms. The van der Waals surface area contributed by atoms with Gasteiger partial charge in [0, 0.05) is 5.56 Å². The van der Waals surface area contributed by atoms with Crippen LogP contribution in [-0.2, 0) is 11.2 Å². The molecule has 0 N–H and O–H groups in total. The Morgan fingerprint density at radius 2 is 2.00 bits per heavy atom. The second kappa shape index (κ2) is 6.75. The molecule has 0 fully saturated rings. The molecule has 3 aromatic rings. The van der Waals surface area contributed by atoms with E-state index in [1.807, 2.05) is 6.07 Å². The van der Waals surface area contributed by atoms with Crippen molar-refractivity contribution < 1.29 is 13.9 Å². The maximum absolute atomic E-state index is 11.6.